The van der Waals surface area contributed by atoms with Gasteiger partial charge in [-0.1, -0.05) is 19.3 Å². The predicted molar refractivity (Wildman–Crippen MR) is 75.0 cm³/mol. The molecule has 2 N–H and O–H groups in total. The van der Waals surface area contributed by atoms with E-state index < -0.39 is 11.5 Å². The lowest BCUT2D eigenvalue weighted by molar-refractivity contribution is -0.138. The fourth-order valence-electron chi connectivity index (χ4n) is 2.80. The number of methoxy groups -OCH3 is 1. The van der Waals surface area contributed by atoms with Crippen LogP contribution in [0.2, 0.25) is 0 Å². The van der Waals surface area contributed by atoms with Crippen molar-refractivity contribution in [2.45, 2.75) is 51.0 Å². The number of carboxylic acids is 1. The maximum absolute atomic E-state index is 11.1. The summed E-state index contributed by atoms with van der Waals surface area (Å²) in [5, 5.41) is 12.4. The van der Waals surface area contributed by atoms with E-state index in [2.05, 4.69) is 15.3 Å². The number of rotatable bonds is 5. The summed E-state index contributed by atoms with van der Waals surface area (Å²) >= 11 is 0. The van der Waals surface area contributed by atoms with E-state index in [0.717, 1.165) is 37.8 Å². The van der Waals surface area contributed by atoms with E-state index in [1.165, 1.54) is 0 Å². The van der Waals surface area contributed by atoms with Crippen LogP contribution in [-0.4, -0.2) is 33.7 Å². The van der Waals surface area contributed by atoms with Gasteiger partial charge in [0, 0.05) is 11.8 Å². The van der Waals surface area contributed by atoms with Crippen LogP contribution in [0.15, 0.2) is 6.07 Å². The van der Waals surface area contributed by atoms with Crippen LogP contribution < -0.4 is 10.1 Å². The van der Waals surface area contributed by atoms with Crippen LogP contribution in [-0.2, 0) is 4.79 Å². The van der Waals surface area contributed by atoms with Gasteiger partial charge >= 0.3 is 5.97 Å². The molecule has 0 spiro atoms. The first-order valence-electron chi connectivity index (χ1n) is 6.93. The number of aromatic nitrogens is 2. The summed E-state index contributed by atoms with van der Waals surface area (Å²) in [6.07, 6.45) is 4.97. The van der Waals surface area contributed by atoms with Crippen molar-refractivity contribution in [1.29, 1.82) is 0 Å². The van der Waals surface area contributed by atoms with Gasteiger partial charge < -0.3 is 15.2 Å². The molecule has 1 fully saturated rings. The summed E-state index contributed by atoms with van der Waals surface area (Å²) in [7, 11) is 1.55. The van der Waals surface area contributed by atoms with Crippen LogP contribution in [0.3, 0.4) is 0 Å². The highest BCUT2D eigenvalue weighted by Gasteiger charge is 2.35. The number of nitrogens with zero attached hydrogens (tertiary/aromatic N) is 2. The highest BCUT2D eigenvalue weighted by atomic mass is 16.5. The maximum atomic E-state index is 11.1. The third-order valence-corrected chi connectivity index (χ3v) is 3.72. The zero-order chi connectivity index (χ0) is 14.6. The molecule has 1 saturated carbocycles. The largest absolute Gasteiger partial charge is 0.481 e. The van der Waals surface area contributed by atoms with Gasteiger partial charge in [0.25, 0.3) is 0 Å². The average Bonchev–Trinajstić information content (AvgIpc) is 2.37. The van der Waals surface area contributed by atoms with Crippen LogP contribution in [0.5, 0.6) is 5.88 Å². The molecule has 1 aliphatic carbocycles. The number of anilines is 1. The predicted octanol–water partition coefficient (Wildman–Crippen LogP) is 2.38. The first-order valence-corrected chi connectivity index (χ1v) is 6.93. The number of hydrogen-bond acceptors (Lipinski definition) is 5. The first kappa shape index (κ1) is 14.6. The Labute approximate surface area is 118 Å². The molecule has 0 saturated heterocycles. The van der Waals surface area contributed by atoms with E-state index in [9.17, 15) is 4.79 Å². The molecule has 6 nitrogen and oxygen atoms in total. The van der Waals surface area contributed by atoms with Crippen LogP contribution in [0.1, 0.15) is 44.2 Å². The Morgan fingerprint density at radius 2 is 2.10 bits per heavy atom. The Balaban J connectivity index is 2.22. The van der Waals surface area contributed by atoms with Crippen molar-refractivity contribution in [3.05, 3.63) is 11.8 Å². The molecule has 2 rings (SSSR count). The molecule has 20 heavy (non-hydrogen) atoms. The smallest absolute Gasteiger partial charge is 0.305 e. The Bertz CT molecular complexity index is 485. The van der Waals surface area contributed by atoms with E-state index in [-0.39, 0.29) is 6.42 Å². The van der Waals surface area contributed by atoms with Gasteiger partial charge in [-0.25, -0.2) is 4.98 Å². The van der Waals surface area contributed by atoms with E-state index in [4.69, 9.17) is 9.84 Å². The highest BCUT2D eigenvalue weighted by molar-refractivity contribution is 5.69. The fraction of sp³-hybridized carbons (Fsp3) is 0.643. The fourth-order valence-corrected chi connectivity index (χ4v) is 2.80. The Kier molecular flexibility index (Phi) is 4.42. The lowest BCUT2D eigenvalue weighted by Crippen LogP contribution is -2.42. The van der Waals surface area contributed by atoms with Crippen LogP contribution in [0.4, 0.5) is 5.95 Å². The summed E-state index contributed by atoms with van der Waals surface area (Å²) < 4.78 is 5.13. The molecule has 0 atom stereocenters. The second kappa shape index (κ2) is 6.07. The molecule has 0 aromatic carbocycles. The topological polar surface area (TPSA) is 84.3 Å². The van der Waals surface area contributed by atoms with Gasteiger partial charge in [-0.15, -0.1) is 0 Å². The number of carboxylic acid groups (broad SMARTS) is 1. The van der Waals surface area contributed by atoms with Crippen molar-refractivity contribution < 1.29 is 14.6 Å². The van der Waals surface area contributed by atoms with Crippen molar-refractivity contribution in [2.75, 3.05) is 12.4 Å². The SMILES string of the molecule is COc1cc(C)nc(NC2(CC(=O)O)CCCCC2)n1. The molecule has 0 amide bonds. The number of carbonyl (C=O) groups is 1. The van der Waals surface area contributed by atoms with Gasteiger partial charge in [-0.2, -0.15) is 4.98 Å². The molecule has 1 heterocycles. The van der Waals surface area contributed by atoms with Crippen molar-refractivity contribution in [3.63, 3.8) is 0 Å². The molecule has 0 aliphatic heterocycles. The van der Waals surface area contributed by atoms with Gasteiger partial charge in [0.2, 0.25) is 11.8 Å². The van der Waals surface area contributed by atoms with Crippen molar-refractivity contribution in [1.82, 2.24) is 9.97 Å². The summed E-state index contributed by atoms with van der Waals surface area (Å²) in [5.41, 5.74) is 0.351. The third-order valence-electron chi connectivity index (χ3n) is 3.72. The standard InChI is InChI=1S/C14H21N3O3/c1-10-8-11(20-2)16-13(15-10)17-14(9-12(18)19)6-4-3-5-7-14/h8H,3-7,9H2,1-2H3,(H,18,19)(H,15,16,17). The molecule has 1 aromatic rings. The van der Waals surface area contributed by atoms with E-state index in [1.54, 1.807) is 13.2 Å². The second-order valence-electron chi connectivity index (χ2n) is 5.41. The van der Waals surface area contributed by atoms with Gasteiger partial charge in [-0.3, -0.25) is 4.79 Å². The molecule has 1 aromatic heterocycles. The minimum absolute atomic E-state index is 0.0899. The van der Waals surface area contributed by atoms with Gasteiger partial charge in [0.1, 0.15) is 0 Å². The molecule has 1 aliphatic rings. The molecular formula is C14H21N3O3. The summed E-state index contributed by atoms with van der Waals surface area (Å²) in [6.45, 7) is 1.86. The lowest BCUT2D eigenvalue weighted by atomic mass is 9.79. The monoisotopic (exact) mass is 279 g/mol. The van der Waals surface area contributed by atoms with Crippen LogP contribution in [0.25, 0.3) is 0 Å². The second-order valence-corrected chi connectivity index (χ2v) is 5.41. The minimum Gasteiger partial charge on any atom is -0.481 e. The average molecular weight is 279 g/mol. The van der Waals surface area contributed by atoms with Gasteiger partial charge in [0.05, 0.1) is 19.1 Å². The molecule has 0 bridgehead atoms. The van der Waals surface area contributed by atoms with Crippen LogP contribution >= 0.6 is 0 Å². The lowest BCUT2D eigenvalue weighted by Gasteiger charge is -2.37. The van der Waals surface area contributed by atoms with Crippen LogP contribution in [0, 0.1) is 6.92 Å². The molecule has 0 radical (unpaired) electrons. The number of ether oxygens (including phenoxy) is 1. The Hall–Kier alpha value is -1.85. The van der Waals surface area contributed by atoms with Crippen molar-refractivity contribution >= 4 is 11.9 Å². The van der Waals surface area contributed by atoms with E-state index >= 15 is 0 Å². The van der Waals surface area contributed by atoms with E-state index in [1.807, 2.05) is 6.92 Å². The summed E-state index contributed by atoms with van der Waals surface area (Å²) in [6, 6.07) is 1.75. The third kappa shape index (κ3) is 3.59. The van der Waals surface area contributed by atoms with Gasteiger partial charge in [0.15, 0.2) is 0 Å². The molecule has 0 unspecified atom stereocenters. The summed E-state index contributed by atoms with van der Waals surface area (Å²) in [5.74, 6) is 0.144. The first-order chi connectivity index (χ1) is 9.53. The zero-order valence-electron chi connectivity index (χ0n) is 12.0. The number of aliphatic carboxylic acids is 1. The minimum atomic E-state index is -0.793. The Morgan fingerprint density at radius 3 is 2.70 bits per heavy atom. The normalized spacial score (nSPS) is 17.5. The number of aryl methyl sites for hydroxylation is 1. The Morgan fingerprint density at radius 1 is 1.40 bits per heavy atom. The van der Waals surface area contributed by atoms with Crippen molar-refractivity contribution in [2.24, 2.45) is 0 Å². The summed E-state index contributed by atoms with van der Waals surface area (Å²) in [4.78, 5) is 19.7. The number of hydrogen-bond donors (Lipinski definition) is 2. The van der Waals surface area contributed by atoms with Gasteiger partial charge in [-0.05, 0) is 19.8 Å². The maximum Gasteiger partial charge on any atom is 0.305 e. The number of nitrogens with one attached hydrogen (secondary N) is 1. The molecule has 6 heteroatoms. The zero-order valence-corrected chi connectivity index (χ0v) is 12.0. The molecular weight excluding hydrogens is 258 g/mol. The van der Waals surface area contributed by atoms with E-state index in [0.29, 0.717) is 11.8 Å². The quantitative estimate of drug-likeness (QED) is 0.861. The van der Waals surface area contributed by atoms with Crippen molar-refractivity contribution in [3.8, 4) is 5.88 Å². The molecule has 110 valence electrons. The highest BCUT2D eigenvalue weighted by Crippen LogP contribution is 2.34.